The van der Waals surface area contributed by atoms with Crippen molar-refractivity contribution in [3.63, 3.8) is 0 Å². The van der Waals surface area contributed by atoms with Crippen LogP contribution in [0, 0.1) is 12.8 Å². The number of likely N-dealkylation sites (tertiary alicyclic amines) is 1. The lowest BCUT2D eigenvalue weighted by Gasteiger charge is -2.33. The first-order valence-electron chi connectivity index (χ1n) is 10.4. The highest BCUT2D eigenvalue weighted by Crippen LogP contribution is 2.48. The van der Waals surface area contributed by atoms with E-state index < -0.39 is 0 Å². The third kappa shape index (κ3) is 4.42. The second-order valence-corrected chi connectivity index (χ2v) is 8.97. The molecule has 1 saturated heterocycles. The molecular weight excluding hydrogens is 368 g/mol. The number of rotatable bonds is 6. The number of aryl methyl sites for hydroxylation is 1. The molecule has 3 nitrogen and oxygen atoms in total. The van der Waals surface area contributed by atoms with Crippen molar-refractivity contribution in [2.45, 2.75) is 44.6 Å². The summed E-state index contributed by atoms with van der Waals surface area (Å²) in [6.07, 6.45) is 4.27. The maximum Gasteiger partial charge on any atom is 0.230 e. The number of nitrogens with one attached hydrogen (secondary N) is 1. The molecule has 2 aromatic carbocycles. The molecule has 4 heteroatoms. The van der Waals surface area contributed by atoms with Gasteiger partial charge in [0.2, 0.25) is 5.91 Å². The fraction of sp³-hybridized carbons (Fsp3) is 0.458. The summed E-state index contributed by atoms with van der Waals surface area (Å²) < 4.78 is 0. The number of carbonyl (C=O) groups is 1. The van der Waals surface area contributed by atoms with E-state index in [1.165, 1.54) is 24.0 Å². The van der Waals surface area contributed by atoms with Crippen LogP contribution in [0.15, 0.2) is 48.5 Å². The molecule has 28 heavy (non-hydrogen) atoms. The number of hydrogen-bond donors (Lipinski definition) is 1. The minimum Gasteiger partial charge on any atom is -0.355 e. The number of carbonyl (C=O) groups excluding carboxylic acids is 1. The molecule has 1 aliphatic heterocycles. The number of halogens is 1. The molecule has 0 unspecified atom stereocenters. The van der Waals surface area contributed by atoms with Crippen LogP contribution in [0.3, 0.4) is 0 Å². The lowest BCUT2D eigenvalue weighted by molar-refractivity contribution is -0.123. The minimum absolute atomic E-state index is 0.186. The molecule has 2 aliphatic rings. The van der Waals surface area contributed by atoms with Gasteiger partial charge < -0.3 is 5.32 Å². The number of piperidine rings is 1. The highest BCUT2D eigenvalue weighted by Gasteiger charge is 2.51. The summed E-state index contributed by atoms with van der Waals surface area (Å²) in [4.78, 5) is 15.4. The highest BCUT2D eigenvalue weighted by molar-refractivity contribution is 6.30. The second kappa shape index (κ2) is 8.26. The van der Waals surface area contributed by atoms with Crippen LogP contribution in [0.5, 0.6) is 0 Å². The Morgan fingerprint density at radius 3 is 2.71 bits per heavy atom. The Balaban J connectivity index is 1.31. The first-order chi connectivity index (χ1) is 13.5. The normalized spacial score (nSPS) is 21.3. The summed E-state index contributed by atoms with van der Waals surface area (Å²) in [5, 5.41) is 3.98. The van der Waals surface area contributed by atoms with Gasteiger partial charge in [-0.3, -0.25) is 9.69 Å². The molecule has 0 bridgehead atoms. The Morgan fingerprint density at radius 2 is 2.00 bits per heavy atom. The Morgan fingerprint density at radius 1 is 1.21 bits per heavy atom. The average Bonchev–Trinajstić information content (AvgIpc) is 3.49. The van der Waals surface area contributed by atoms with E-state index in [0.717, 1.165) is 49.6 Å². The zero-order chi connectivity index (χ0) is 19.6. The maximum atomic E-state index is 12.9. The fourth-order valence-electron chi connectivity index (χ4n) is 4.48. The van der Waals surface area contributed by atoms with Crippen LogP contribution >= 0.6 is 11.6 Å². The number of nitrogens with zero attached hydrogens (tertiary/aromatic N) is 1. The predicted octanol–water partition coefficient (Wildman–Crippen LogP) is 4.71. The van der Waals surface area contributed by atoms with Crippen molar-refractivity contribution in [1.82, 2.24) is 10.2 Å². The van der Waals surface area contributed by atoms with E-state index in [9.17, 15) is 4.79 Å². The van der Waals surface area contributed by atoms with Crippen LogP contribution in [0.4, 0.5) is 0 Å². The average molecular weight is 397 g/mol. The van der Waals surface area contributed by atoms with E-state index in [-0.39, 0.29) is 11.3 Å². The van der Waals surface area contributed by atoms with Gasteiger partial charge in [0.05, 0.1) is 5.41 Å². The molecule has 1 atom stereocenters. The standard InChI is InChI=1S/C24H29ClN2O/c1-18-4-2-5-19(14-18)16-27-13-3-6-20(17-27)15-26-23(28)24(11-12-24)21-7-9-22(25)10-8-21/h2,4-5,7-10,14,20H,3,6,11-13,15-17H2,1H3,(H,26,28)/t20-/m1/s1. The van der Waals surface area contributed by atoms with Crippen LogP contribution in [0.1, 0.15) is 42.4 Å². The SMILES string of the molecule is Cc1cccc(CN2CCC[C@H](CNC(=O)C3(c4ccc(Cl)cc4)CC3)C2)c1. The topological polar surface area (TPSA) is 32.3 Å². The highest BCUT2D eigenvalue weighted by atomic mass is 35.5. The van der Waals surface area contributed by atoms with Crippen LogP contribution in [-0.4, -0.2) is 30.4 Å². The molecule has 2 fully saturated rings. The molecule has 0 aromatic heterocycles. The third-order valence-corrected chi connectivity index (χ3v) is 6.48. The Hall–Kier alpha value is -1.84. The molecule has 0 radical (unpaired) electrons. The fourth-order valence-corrected chi connectivity index (χ4v) is 4.60. The number of amides is 1. The van der Waals surface area contributed by atoms with Gasteiger partial charge in [-0.25, -0.2) is 0 Å². The molecule has 0 spiro atoms. The summed E-state index contributed by atoms with van der Waals surface area (Å²) in [5.41, 5.74) is 3.47. The van der Waals surface area contributed by atoms with Crippen molar-refractivity contribution in [1.29, 1.82) is 0 Å². The molecule has 1 N–H and O–H groups in total. The van der Waals surface area contributed by atoms with Crippen LogP contribution in [0.2, 0.25) is 5.02 Å². The summed E-state index contributed by atoms with van der Waals surface area (Å²) in [6, 6.07) is 16.5. The van der Waals surface area contributed by atoms with Crippen molar-refractivity contribution >= 4 is 17.5 Å². The predicted molar refractivity (Wildman–Crippen MR) is 115 cm³/mol. The van der Waals surface area contributed by atoms with Crippen LogP contribution in [-0.2, 0) is 16.8 Å². The monoisotopic (exact) mass is 396 g/mol. The van der Waals surface area contributed by atoms with Gasteiger partial charge in [0, 0.05) is 24.7 Å². The van der Waals surface area contributed by atoms with Gasteiger partial charge in [0.25, 0.3) is 0 Å². The lowest BCUT2D eigenvalue weighted by Crippen LogP contribution is -2.43. The Kier molecular flexibility index (Phi) is 5.75. The summed E-state index contributed by atoms with van der Waals surface area (Å²) in [5.74, 6) is 0.717. The molecule has 1 aliphatic carbocycles. The molecule has 4 rings (SSSR count). The number of hydrogen-bond acceptors (Lipinski definition) is 2. The molecule has 1 amide bonds. The minimum atomic E-state index is -0.319. The Bertz CT molecular complexity index is 829. The number of benzene rings is 2. The van der Waals surface area contributed by atoms with Gasteiger partial charge >= 0.3 is 0 Å². The Labute approximate surface area is 173 Å². The quantitative estimate of drug-likeness (QED) is 0.766. The van der Waals surface area contributed by atoms with Crippen molar-refractivity contribution < 1.29 is 4.79 Å². The summed E-state index contributed by atoms with van der Waals surface area (Å²) >= 11 is 6.00. The smallest absolute Gasteiger partial charge is 0.230 e. The molecule has 1 heterocycles. The van der Waals surface area contributed by atoms with Gasteiger partial charge in [-0.05, 0) is 68.3 Å². The van der Waals surface area contributed by atoms with Gasteiger partial charge in [0.15, 0.2) is 0 Å². The van der Waals surface area contributed by atoms with Gasteiger partial charge in [-0.2, -0.15) is 0 Å². The van der Waals surface area contributed by atoms with Crippen molar-refractivity contribution in [2.75, 3.05) is 19.6 Å². The van der Waals surface area contributed by atoms with Crippen molar-refractivity contribution in [2.24, 2.45) is 5.92 Å². The first kappa shape index (κ1) is 19.5. The van der Waals surface area contributed by atoms with E-state index in [2.05, 4.69) is 41.4 Å². The lowest BCUT2D eigenvalue weighted by atomic mass is 9.93. The van der Waals surface area contributed by atoms with E-state index in [0.29, 0.717) is 5.92 Å². The van der Waals surface area contributed by atoms with Crippen LogP contribution < -0.4 is 5.32 Å². The van der Waals surface area contributed by atoms with Gasteiger partial charge in [0.1, 0.15) is 0 Å². The van der Waals surface area contributed by atoms with Crippen molar-refractivity contribution in [3.8, 4) is 0 Å². The van der Waals surface area contributed by atoms with E-state index in [1.54, 1.807) is 0 Å². The van der Waals surface area contributed by atoms with E-state index in [1.807, 2.05) is 24.3 Å². The van der Waals surface area contributed by atoms with E-state index in [4.69, 9.17) is 11.6 Å². The summed E-state index contributed by atoms with van der Waals surface area (Å²) in [6.45, 7) is 6.13. The second-order valence-electron chi connectivity index (χ2n) is 8.53. The maximum absolute atomic E-state index is 12.9. The molecule has 1 saturated carbocycles. The zero-order valence-electron chi connectivity index (χ0n) is 16.6. The largest absolute Gasteiger partial charge is 0.355 e. The van der Waals surface area contributed by atoms with Gasteiger partial charge in [-0.1, -0.05) is 53.6 Å². The molecule has 2 aromatic rings. The summed E-state index contributed by atoms with van der Waals surface area (Å²) in [7, 11) is 0. The van der Waals surface area contributed by atoms with E-state index >= 15 is 0 Å². The third-order valence-electron chi connectivity index (χ3n) is 6.22. The molecule has 148 valence electrons. The first-order valence-corrected chi connectivity index (χ1v) is 10.8. The van der Waals surface area contributed by atoms with Gasteiger partial charge in [-0.15, -0.1) is 0 Å². The van der Waals surface area contributed by atoms with Crippen molar-refractivity contribution in [3.05, 3.63) is 70.2 Å². The van der Waals surface area contributed by atoms with Crippen LogP contribution in [0.25, 0.3) is 0 Å². The zero-order valence-corrected chi connectivity index (χ0v) is 17.3. The molecular formula is C24H29ClN2O.